The van der Waals surface area contributed by atoms with Crippen molar-refractivity contribution >= 4 is 10.9 Å². The number of rotatable bonds is 4. The Labute approximate surface area is 148 Å². The Morgan fingerprint density at radius 3 is 2.16 bits per heavy atom. The first-order valence-corrected chi connectivity index (χ1v) is 8.85. The number of hydrogen-bond donors (Lipinski definition) is 1. The van der Waals surface area contributed by atoms with E-state index < -0.39 is 0 Å². The molecule has 1 aromatic heterocycles. The number of H-pyrrole nitrogens is 1. The zero-order chi connectivity index (χ0) is 18.4. The largest absolute Gasteiger partial charge is 0.493 e. The third-order valence-electron chi connectivity index (χ3n) is 4.62. The minimum absolute atomic E-state index is 0.139. The number of ether oxygens (including phenoxy) is 3. The van der Waals surface area contributed by atoms with Crippen molar-refractivity contribution in [1.82, 2.24) is 9.97 Å². The average molecular weight is 348 g/mol. The number of hydrogen-bond acceptors (Lipinski definition) is 5. The van der Waals surface area contributed by atoms with Gasteiger partial charge in [0.15, 0.2) is 11.5 Å². The van der Waals surface area contributed by atoms with Crippen LogP contribution in [0.4, 0.5) is 0 Å². The van der Waals surface area contributed by atoms with Gasteiger partial charge in [0.25, 0.3) is 5.56 Å². The number of fused-ring (bicyclic) bond motifs is 1. The lowest BCUT2D eigenvalue weighted by atomic mass is 9.87. The molecule has 1 N–H and O–H groups in total. The zero-order valence-corrected chi connectivity index (χ0v) is 15.7. The molecule has 25 heavy (non-hydrogen) atoms. The third-order valence-corrected chi connectivity index (χ3v) is 4.62. The number of nitrogens with one attached hydrogen (secondary N) is 1. The Kier molecular flexibility index (Phi) is 6.82. The predicted molar refractivity (Wildman–Crippen MR) is 98.8 cm³/mol. The monoisotopic (exact) mass is 348 g/mol. The zero-order valence-electron chi connectivity index (χ0n) is 15.7. The quantitative estimate of drug-likeness (QED) is 0.913. The molecule has 1 heterocycles. The van der Waals surface area contributed by atoms with Crippen molar-refractivity contribution in [1.29, 1.82) is 0 Å². The summed E-state index contributed by atoms with van der Waals surface area (Å²) >= 11 is 0. The van der Waals surface area contributed by atoms with E-state index in [1.54, 1.807) is 33.5 Å². The topological polar surface area (TPSA) is 73.4 Å². The standard InChI is InChI=1S/C17H22N2O4.C2H6/c1-21-11-6-4-10(5-7-11)16-18-13-9-15(23-3)14(22-2)8-12(13)17(20)19-16;1-2/h8-11H,4-7H2,1-3H3,(H,18,19,20);1-2H3. The van der Waals surface area contributed by atoms with Gasteiger partial charge in [0.2, 0.25) is 0 Å². The second-order valence-electron chi connectivity index (χ2n) is 5.88. The van der Waals surface area contributed by atoms with Gasteiger partial charge in [-0.25, -0.2) is 4.98 Å². The van der Waals surface area contributed by atoms with Crippen LogP contribution in [0.25, 0.3) is 10.9 Å². The Bertz CT molecular complexity index is 749. The Morgan fingerprint density at radius 2 is 1.60 bits per heavy atom. The first kappa shape index (κ1) is 19.2. The number of aromatic amines is 1. The molecule has 0 amide bonds. The van der Waals surface area contributed by atoms with E-state index in [1.165, 1.54) is 0 Å². The Morgan fingerprint density at radius 1 is 1.00 bits per heavy atom. The van der Waals surface area contributed by atoms with Crippen molar-refractivity contribution in [2.24, 2.45) is 0 Å². The van der Waals surface area contributed by atoms with E-state index in [4.69, 9.17) is 14.2 Å². The summed E-state index contributed by atoms with van der Waals surface area (Å²) in [6, 6.07) is 3.43. The maximum Gasteiger partial charge on any atom is 0.258 e. The number of nitrogens with zero attached hydrogens (tertiary/aromatic N) is 1. The first-order chi connectivity index (χ1) is 12.2. The molecular weight excluding hydrogens is 320 g/mol. The molecule has 0 radical (unpaired) electrons. The maximum absolute atomic E-state index is 12.4. The molecule has 0 aliphatic heterocycles. The van der Waals surface area contributed by atoms with Gasteiger partial charge in [0.05, 0.1) is 31.2 Å². The number of aromatic nitrogens is 2. The van der Waals surface area contributed by atoms with Gasteiger partial charge in [0, 0.05) is 19.1 Å². The lowest BCUT2D eigenvalue weighted by Gasteiger charge is -2.26. The van der Waals surface area contributed by atoms with Gasteiger partial charge < -0.3 is 19.2 Å². The van der Waals surface area contributed by atoms with E-state index >= 15 is 0 Å². The minimum atomic E-state index is -0.139. The van der Waals surface area contributed by atoms with Crippen LogP contribution in [-0.4, -0.2) is 37.4 Å². The molecule has 6 nitrogen and oxygen atoms in total. The molecule has 0 atom stereocenters. The summed E-state index contributed by atoms with van der Waals surface area (Å²) in [6.45, 7) is 4.00. The molecular formula is C19H28N2O4. The molecule has 1 saturated carbocycles. The van der Waals surface area contributed by atoms with Gasteiger partial charge in [-0.05, 0) is 31.7 Å². The number of benzene rings is 1. The summed E-state index contributed by atoms with van der Waals surface area (Å²) in [5.41, 5.74) is 0.495. The lowest BCUT2D eigenvalue weighted by Crippen LogP contribution is -2.22. The highest BCUT2D eigenvalue weighted by Gasteiger charge is 2.24. The molecule has 1 fully saturated rings. The van der Waals surface area contributed by atoms with Crippen molar-refractivity contribution in [3.63, 3.8) is 0 Å². The van der Waals surface area contributed by atoms with Gasteiger partial charge in [-0.3, -0.25) is 4.79 Å². The van der Waals surface area contributed by atoms with Crippen LogP contribution in [0.15, 0.2) is 16.9 Å². The second kappa shape index (κ2) is 8.85. The van der Waals surface area contributed by atoms with Crippen molar-refractivity contribution < 1.29 is 14.2 Å². The van der Waals surface area contributed by atoms with Crippen LogP contribution in [0.3, 0.4) is 0 Å². The fraction of sp³-hybridized carbons (Fsp3) is 0.579. The van der Waals surface area contributed by atoms with Crippen LogP contribution in [-0.2, 0) is 4.74 Å². The molecule has 0 unspecified atom stereocenters. The van der Waals surface area contributed by atoms with E-state index in [0.717, 1.165) is 31.5 Å². The molecule has 6 heteroatoms. The van der Waals surface area contributed by atoms with Crippen LogP contribution in [0.2, 0.25) is 0 Å². The highest BCUT2D eigenvalue weighted by Crippen LogP contribution is 2.34. The van der Waals surface area contributed by atoms with Crippen molar-refractivity contribution in [3.05, 3.63) is 28.3 Å². The fourth-order valence-electron chi connectivity index (χ4n) is 3.25. The highest BCUT2D eigenvalue weighted by molar-refractivity contribution is 5.81. The second-order valence-corrected chi connectivity index (χ2v) is 5.88. The molecule has 0 saturated heterocycles. The minimum Gasteiger partial charge on any atom is -0.493 e. The summed E-state index contributed by atoms with van der Waals surface area (Å²) in [4.78, 5) is 20.0. The van der Waals surface area contributed by atoms with Crippen LogP contribution >= 0.6 is 0 Å². The molecule has 1 aromatic carbocycles. The Balaban J connectivity index is 0.00000109. The van der Waals surface area contributed by atoms with E-state index in [2.05, 4.69) is 9.97 Å². The van der Waals surface area contributed by atoms with E-state index in [-0.39, 0.29) is 11.5 Å². The van der Waals surface area contributed by atoms with Gasteiger partial charge >= 0.3 is 0 Å². The average Bonchev–Trinajstić information content (AvgIpc) is 2.68. The maximum atomic E-state index is 12.4. The van der Waals surface area contributed by atoms with Crippen LogP contribution in [0, 0.1) is 0 Å². The predicted octanol–water partition coefficient (Wildman–Crippen LogP) is 3.64. The van der Waals surface area contributed by atoms with E-state index in [1.807, 2.05) is 13.8 Å². The summed E-state index contributed by atoms with van der Waals surface area (Å²) in [6.07, 6.45) is 4.26. The molecule has 3 rings (SSSR count). The molecule has 2 aromatic rings. The van der Waals surface area contributed by atoms with Crippen molar-refractivity contribution in [3.8, 4) is 11.5 Å². The SMILES string of the molecule is CC.COc1cc2nc(C3CCC(OC)CC3)[nH]c(=O)c2cc1OC. The van der Waals surface area contributed by atoms with Gasteiger partial charge in [-0.15, -0.1) is 0 Å². The van der Waals surface area contributed by atoms with Gasteiger partial charge in [-0.1, -0.05) is 13.8 Å². The molecule has 1 aliphatic carbocycles. The van der Waals surface area contributed by atoms with Gasteiger partial charge in [0.1, 0.15) is 5.82 Å². The van der Waals surface area contributed by atoms with Gasteiger partial charge in [-0.2, -0.15) is 0 Å². The Hall–Kier alpha value is -2.08. The molecule has 0 bridgehead atoms. The molecule has 1 aliphatic rings. The lowest BCUT2D eigenvalue weighted by molar-refractivity contribution is 0.0651. The smallest absolute Gasteiger partial charge is 0.258 e. The van der Waals surface area contributed by atoms with Crippen LogP contribution in [0.1, 0.15) is 51.3 Å². The highest BCUT2D eigenvalue weighted by atomic mass is 16.5. The first-order valence-electron chi connectivity index (χ1n) is 8.85. The normalized spacial score (nSPS) is 19.9. The summed E-state index contributed by atoms with van der Waals surface area (Å²) < 4.78 is 16.0. The summed E-state index contributed by atoms with van der Waals surface area (Å²) in [7, 11) is 4.87. The molecule has 0 spiro atoms. The van der Waals surface area contributed by atoms with Crippen molar-refractivity contribution in [2.75, 3.05) is 21.3 Å². The summed E-state index contributed by atoms with van der Waals surface area (Å²) in [5, 5.41) is 0.511. The van der Waals surface area contributed by atoms with Crippen LogP contribution in [0.5, 0.6) is 11.5 Å². The molecule has 138 valence electrons. The third kappa shape index (κ3) is 4.12. The van der Waals surface area contributed by atoms with E-state index in [0.29, 0.717) is 28.5 Å². The van der Waals surface area contributed by atoms with Crippen molar-refractivity contribution in [2.45, 2.75) is 51.6 Å². The fourth-order valence-corrected chi connectivity index (χ4v) is 3.25. The van der Waals surface area contributed by atoms with Crippen LogP contribution < -0.4 is 15.0 Å². The summed E-state index contributed by atoms with van der Waals surface area (Å²) in [5.74, 6) is 2.13. The number of methoxy groups -OCH3 is 3. The van der Waals surface area contributed by atoms with E-state index in [9.17, 15) is 4.79 Å².